The smallest absolute Gasteiger partial charge is 0.244 e. The van der Waals surface area contributed by atoms with E-state index in [0.717, 1.165) is 33.4 Å². The molecule has 1 N–H and O–H groups in total. The van der Waals surface area contributed by atoms with Crippen molar-refractivity contribution in [2.24, 2.45) is 5.92 Å². The topological polar surface area (TPSA) is 64.9 Å². The number of thiazole rings is 1. The van der Waals surface area contributed by atoms with Gasteiger partial charge in [0.25, 0.3) is 0 Å². The molecule has 7 heteroatoms. The Balaban J connectivity index is 1.53. The molecule has 0 fully saturated rings. The number of carbonyl (C=O) groups is 1. The molecule has 152 valence electrons. The number of aromatic nitrogens is 2. The van der Waals surface area contributed by atoms with Gasteiger partial charge < -0.3 is 14.8 Å². The highest BCUT2D eigenvalue weighted by atomic mass is 32.1. The number of nitrogens with zero attached hydrogens (tertiary/aromatic N) is 2. The predicted molar refractivity (Wildman–Crippen MR) is 115 cm³/mol. The Bertz CT molecular complexity index is 1080. The van der Waals surface area contributed by atoms with Crippen molar-refractivity contribution in [1.29, 1.82) is 0 Å². The lowest BCUT2D eigenvalue weighted by Crippen LogP contribution is -2.30. The number of hydrogen-bond acceptors (Lipinski definition) is 5. The van der Waals surface area contributed by atoms with Crippen LogP contribution in [0.4, 0.5) is 0 Å². The Hall–Kier alpha value is -2.80. The van der Waals surface area contributed by atoms with Crippen LogP contribution in [-0.4, -0.2) is 28.5 Å². The zero-order valence-electron chi connectivity index (χ0n) is 17.1. The van der Waals surface area contributed by atoms with E-state index < -0.39 is 0 Å². The van der Waals surface area contributed by atoms with E-state index in [-0.39, 0.29) is 17.9 Å². The van der Waals surface area contributed by atoms with Gasteiger partial charge in [-0.3, -0.25) is 9.20 Å². The number of carbonyl (C=O) groups excluding carboxylic acids is 1. The molecular weight excluding hydrogens is 386 g/mol. The van der Waals surface area contributed by atoms with Crippen LogP contribution in [0.2, 0.25) is 0 Å². The molecule has 0 spiro atoms. The maximum atomic E-state index is 12.7. The van der Waals surface area contributed by atoms with Crippen molar-refractivity contribution in [1.82, 2.24) is 14.7 Å². The number of fused-ring (bicyclic) bond motifs is 2. The third kappa shape index (κ3) is 4.00. The van der Waals surface area contributed by atoms with Gasteiger partial charge in [-0.25, -0.2) is 4.98 Å². The van der Waals surface area contributed by atoms with Crippen LogP contribution in [0.1, 0.15) is 41.7 Å². The quantitative estimate of drug-likeness (QED) is 0.636. The average molecular weight is 412 g/mol. The summed E-state index contributed by atoms with van der Waals surface area (Å²) in [6.45, 7) is 9.29. The minimum absolute atomic E-state index is 0.127. The van der Waals surface area contributed by atoms with Crippen molar-refractivity contribution in [3.05, 3.63) is 52.3 Å². The predicted octanol–water partition coefficient (Wildman–Crippen LogP) is 4.31. The summed E-state index contributed by atoms with van der Waals surface area (Å²) in [7, 11) is 0. The minimum Gasteiger partial charge on any atom is -0.486 e. The first kappa shape index (κ1) is 19.5. The highest BCUT2D eigenvalue weighted by Crippen LogP contribution is 2.34. The van der Waals surface area contributed by atoms with E-state index in [1.807, 2.05) is 41.8 Å². The third-order valence-corrected chi connectivity index (χ3v) is 5.84. The molecule has 1 aromatic carbocycles. The summed E-state index contributed by atoms with van der Waals surface area (Å²) in [6, 6.07) is 5.73. The van der Waals surface area contributed by atoms with E-state index in [2.05, 4.69) is 31.1 Å². The molecule has 29 heavy (non-hydrogen) atoms. The van der Waals surface area contributed by atoms with Crippen LogP contribution in [0.15, 0.2) is 30.5 Å². The molecule has 1 aliphatic heterocycles. The van der Waals surface area contributed by atoms with E-state index in [4.69, 9.17) is 9.47 Å². The van der Waals surface area contributed by atoms with Gasteiger partial charge in [0.15, 0.2) is 16.5 Å². The van der Waals surface area contributed by atoms with Crippen molar-refractivity contribution >= 4 is 28.3 Å². The molecule has 6 nitrogen and oxygen atoms in total. The molecule has 0 saturated carbocycles. The molecule has 2 aromatic heterocycles. The Morgan fingerprint density at radius 3 is 2.76 bits per heavy atom. The Morgan fingerprint density at radius 1 is 1.24 bits per heavy atom. The fraction of sp³-hybridized carbons (Fsp3) is 0.364. The van der Waals surface area contributed by atoms with Gasteiger partial charge in [-0.1, -0.05) is 19.9 Å². The van der Waals surface area contributed by atoms with Crippen LogP contribution in [-0.2, 0) is 4.79 Å². The van der Waals surface area contributed by atoms with Crippen LogP contribution < -0.4 is 14.8 Å². The third-order valence-electron chi connectivity index (χ3n) is 4.95. The van der Waals surface area contributed by atoms with Gasteiger partial charge in [-0.2, -0.15) is 0 Å². The molecule has 1 unspecified atom stereocenters. The van der Waals surface area contributed by atoms with Crippen LogP contribution in [0.5, 0.6) is 11.5 Å². The number of nitrogens with one attached hydrogen (secondary N) is 1. The van der Waals surface area contributed by atoms with E-state index in [1.165, 1.54) is 4.88 Å². The van der Waals surface area contributed by atoms with E-state index in [1.54, 1.807) is 17.4 Å². The zero-order valence-corrected chi connectivity index (χ0v) is 17.9. The largest absolute Gasteiger partial charge is 0.486 e. The van der Waals surface area contributed by atoms with Gasteiger partial charge in [0.1, 0.15) is 13.2 Å². The standard InChI is InChI=1S/C22H25N3O3S/c1-13(2)21(16-5-7-18-19(11-16)28-10-9-27-18)24-20(26)8-6-17-15(4)23-22-25(17)12-14(3)29-22/h5-8,11-13,21H,9-10H2,1-4H3,(H,24,26)/b8-6+. The van der Waals surface area contributed by atoms with Crippen molar-refractivity contribution in [2.45, 2.75) is 33.7 Å². The molecular formula is C22H25N3O3S. The molecule has 1 aliphatic rings. The Morgan fingerprint density at radius 2 is 2.00 bits per heavy atom. The monoisotopic (exact) mass is 411 g/mol. The molecule has 0 aliphatic carbocycles. The number of ether oxygens (including phenoxy) is 2. The van der Waals surface area contributed by atoms with Gasteiger partial charge in [0, 0.05) is 17.2 Å². The summed E-state index contributed by atoms with van der Waals surface area (Å²) in [5, 5.41) is 3.13. The minimum atomic E-state index is -0.139. The van der Waals surface area contributed by atoms with Crippen LogP contribution in [0.25, 0.3) is 11.0 Å². The Kier molecular flexibility index (Phi) is 5.32. The molecule has 0 bridgehead atoms. The molecule has 1 amide bonds. The van der Waals surface area contributed by atoms with Crippen LogP contribution in [0.3, 0.4) is 0 Å². The summed E-state index contributed by atoms with van der Waals surface area (Å²) >= 11 is 1.64. The number of rotatable bonds is 5. The first-order valence-corrected chi connectivity index (χ1v) is 10.6. The van der Waals surface area contributed by atoms with Gasteiger partial charge >= 0.3 is 0 Å². The number of hydrogen-bond donors (Lipinski definition) is 1. The molecule has 4 rings (SSSR count). The second-order valence-corrected chi connectivity index (χ2v) is 8.76. The fourth-order valence-electron chi connectivity index (χ4n) is 3.53. The second kappa shape index (κ2) is 7.91. The van der Waals surface area contributed by atoms with E-state index in [9.17, 15) is 4.79 Å². The number of benzene rings is 1. The van der Waals surface area contributed by atoms with Crippen molar-refractivity contribution < 1.29 is 14.3 Å². The molecule has 0 radical (unpaired) electrons. The first-order chi connectivity index (χ1) is 13.9. The van der Waals surface area contributed by atoms with Gasteiger partial charge in [-0.05, 0) is 43.5 Å². The number of amides is 1. The molecule has 3 heterocycles. The second-order valence-electron chi connectivity index (χ2n) is 7.54. The lowest BCUT2D eigenvalue weighted by Gasteiger charge is -2.25. The van der Waals surface area contributed by atoms with Crippen molar-refractivity contribution in [2.75, 3.05) is 13.2 Å². The fourth-order valence-corrected chi connectivity index (χ4v) is 4.40. The van der Waals surface area contributed by atoms with Crippen LogP contribution in [0, 0.1) is 19.8 Å². The normalized spacial score (nSPS) is 14.7. The highest BCUT2D eigenvalue weighted by molar-refractivity contribution is 7.17. The average Bonchev–Trinajstić information content (AvgIpc) is 3.18. The maximum absolute atomic E-state index is 12.7. The molecule has 0 saturated heterocycles. The summed E-state index contributed by atoms with van der Waals surface area (Å²) in [5.74, 6) is 1.56. The zero-order chi connectivity index (χ0) is 20.5. The maximum Gasteiger partial charge on any atom is 0.244 e. The van der Waals surface area contributed by atoms with E-state index >= 15 is 0 Å². The van der Waals surface area contributed by atoms with Gasteiger partial charge in [0.05, 0.1) is 17.4 Å². The SMILES string of the molecule is Cc1cn2c(/C=C/C(=O)NC(c3ccc4c(c3)OCCO4)C(C)C)c(C)nc2s1. The summed E-state index contributed by atoms with van der Waals surface area (Å²) in [5.41, 5.74) is 2.84. The summed E-state index contributed by atoms with van der Waals surface area (Å²) in [4.78, 5) is 19.4. The number of imidazole rings is 1. The molecule has 3 aromatic rings. The Labute approximate surface area is 174 Å². The van der Waals surface area contributed by atoms with Gasteiger partial charge in [0.2, 0.25) is 5.91 Å². The van der Waals surface area contributed by atoms with Crippen molar-refractivity contribution in [3.63, 3.8) is 0 Å². The lowest BCUT2D eigenvalue weighted by atomic mass is 9.95. The highest BCUT2D eigenvalue weighted by Gasteiger charge is 2.21. The number of aryl methyl sites for hydroxylation is 2. The summed E-state index contributed by atoms with van der Waals surface area (Å²) < 4.78 is 13.3. The van der Waals surface area contributed by atoms with Gasteiger partial charge in [-0.15, -0.1) is 11.3 Å². The lowest BCUT2D eigenvalue weighted by molar-refractivity contribution is -0.117. The first-order valence-electron chi connectivity index (χ1n) is 9.75. The molecule has 1 atom stereocenters. The summed E-state index contributed by atoms with van der Waals surface area (Å²) in [6.07, 6.45) is 5.46. The van der Waals surface area contributed by atoms with Crippen LogP contribution >= 0.6 is 11.3 Å². The van der Waals surface area contributed by atoms with Crippen molar-refractivity contribution in [3.8, 4) is 11.5 Å². The van der Waals surface area contributed by atoms with E-state index in [0.29, 0.717) is 13.2 Å².